The van der Waals surface area contributed by atoms with Crippen molar-refractivity contribution in [2.45, 2.75) is 6.61 Å². The van der Waals surface area contributed by atoms with Crippen LogP contribution in [0.2, 0.25) is 0 Å². The standard InChI is InChI=1S/C22H15F2NO/c23-20-8-4-7-17(13-20)19(14-25)11-16-5-3-9-21(12-16)26-15-18-6-1-2-10-22(18)24/h1-13H,15H2/b19-11-. The highest BCUT2D eigenvalue weighted by Crippen LogP contribution is 2.22. The summed E-state index contributed by atoms with van der Waals surface area (Å²) >= 11 is 0. The number of halogens is 2. The summed E-state index contributed by atoms with van der Waals surface area (Å²) in [6.45, 7) is 0.106. The number of allylic oxidation sites excluding steroid dienone is 1. The van der Waals surface area contributed by atoms with Crippen molar-refractivity contribution in [2.24, 2.45) is 0 Å². The molecule has 2 nitrogen and oxygen atoms in total. The van der Waals surface area contributed by atoms with E-state index in [0.717, 1.165) is 5.56 Å². The van der Waals surface area contributed by atoms with E-state index < -0.39 is 5.82 Å². The number of rotatable bonds is 5. The molecule has 0 bridgehead atoms. The first-order valence-corrected chi connectivity index (χ1v) is 8.00. The van der Waals surface area contributed by atoms with Crippen LogP contribution in [0, 0.1) is 23.0 Å². The van der Waals surface area contributed by atoms with Gasteiger partial charge in [-0.1, -0.05) is 42.5 Å². The van der Waals surface area contributed by atoms with Crippen LogP contribution >= 0.6 is 0 Å². The van der Waals surface area contributed by atoms with Crippen molar-refractivity contribution < 1.29 is 13.5 Å². The van der Waals surface area contributed by atoms with E-state index in [1.165, 1.54) is 18.2 Å². The maximum Gasteiger partial charge on any atom is 0.129 e. The summed E-state index contributed by atoms with van der Waals surface area (Å²) in [7, 11) is 0. The normalized spacial score (nSPS) is 11.0. The molecule has 0 N–H and O–H groups in total. The fourth-order valence-corrected chi connectivity index (χ4v) is 2.47. The Morgan fingerprint density at radius 1 is 0.962 bits per heavy atom. The van der Waals surface area contributed by atoms with Gasteiger partial charge in [-0.15, -0.1) is 0 Å². The van der Waals surface area contributed by atoms with Crippen molar-refractivity contribution in [2.75, 3.05) is 0 Å². The van der Waals surface area contributed by atoms with Gasteiger partial charge in [0.25, 0.3) is 0 Å². The summed E-state index contributed by atoms with van der Waals surface area (Å²) in [5.74, 6) is -0.162. The summed E-state index contributed by atoms with van der Waals surface area (Å²) in [6.07, 6.45) is 1.66. The third-order valence-corrected chi connectivity index (χ3v) is 3.78. The first-order valence-electron chi connectivity index (χ1n) is 8.00. The van der Waals surface area contributed by atoms with E-state index >= 15 is 0 Å². The van der Waals surface area contributed by atoms with Gasteiger partial charge < -0.3 is 4.74 Å². The van der Waals surface area contributed by atoms with Crippen molar-refractivity contribution in [3.8, 4) is 11.8 Å². The smallest absolute Gasteiger partial charge is 0.129 e. The van der Waals surface area contributed by atoms with E-state index in [2.05, 4.69) is 6.07 Å². The Morgan fingerprint density at radius 2 is 1.77 bits per heavy atom. The second-order valence-corrected chi connectivity index (χ2v) is 5.63. The maximum atomic E-state index is 13.7. The molecule has 128 valence electrons. The quantitative estimate of drug-likeness (QED) is 0.444. The number of benzene rings is 3. The molecule has 0 spiro atoms. The molecule has 0 saturated heterocycles. The van der Waals surface area contributed by atoms with Crippen LogP contribution in [0.4, 0.5) is 8.78 Å². The molecular weight excluding hydrogens is 332 g/mol. The first kappa shape index (κ1) is 17.4. The lowest BCUT2D eigenvalue weighted by molar-refractivity contribution is 0.300. The number of nitriles is 1. The number of ether oxygens (including phenoxy) is 1. The van der Waals surface area contributed by atoms with Crippen LogP contribution < -0.4 is 4.74 Å². The minimum Gasteiger partial charge on any atom is -0.489 e. The highest BCUT2D eigenvalue weighted by molar-refractivity contribution is 5.89. The van der Waals surface area contributed by atoms with Crippen molar-refractivity contribution in [1.29, 1.82) is 5.26 Å². The molecule has 0 fully saturated rings. The first-order chi connectivity index (χ1) is 12.7. The molecule has 0 aromatic heterocycles. The molecule has 3 aromatic carbocycles. The van der Waals surface area contributed by atoms with Gasteiger partial charge in [0, 0.05) is 5.56 Å². The van der Waals surface area contributed by atoms with Gasteiger partial charge in [-0.25, -0.2) is 8.78 Å². The van der Waals surface area contributed by atoms with Crippen LogP contribution in [0.15, 0.2) is 72.8 Å². The zero-order valence-corrected chi connectivity index (χ0v) is 13.8. The van der Waals surface area contributed by atoms with Crippen LogP contribution in [0.1, 0.15) is 16.7 Å². The second kappa shape index (κ2) is 8.09. The molecule has 0 saturated carbocycles. The maximum absolute atomic E-state index is 13.7. The van der Waals surface area contributed by atoms with Crippen molar-refractivity contribution in [3.05, 3.63) is 101 Å². The fourth-order valence-electron chi connectivity index (χ4n) is 2.47. The Balaban J connectivity index is 1.80. The van der Waals surface area contributed by atoms with Gasteiger partial charge in [-0.05, 0) is 47.5 Å². The molecule has 4 heteroatoms. The Kier molecular flexibility index (Phi) is 5.40. The minimum atomic E-state index is -0.398. The predicted octanol–water partition coefficient (Wildman–Crippen LogP) is 5.61. The number of hydrogen-bond acceptors (Lipinski definition) is 2. The van der Waals surface area contributed by atoms with Crippen molar-refractivity contribution >= 4 is 11.6 Å². The molecule has 26 heavy (non-hydrogen) atoms. The molecule has 0 amide bonds. The summed E-state index contributed by atoms with van der Waals surface area (Å²) in [6, 6.07) is 21.5. The summed E-state index contributed by atoms with van der Waals surface area (Å²) in [5.41, 5.74) is 2.05. The third kappa shape index (κ3) is 4.34. The largest absolute Gasteiger partial charge is 0.489 e. The van der Waals surface area contributed by atoms with Crippen molar-refractivity contribution in [3.63, 3.8) is 0 Å². The lowest BCUT2D eigenvalue weighted by Crippen LogP contribution is -1.98. The lowest BCUT2D eigenvalue weighted by Gasteiger charge is -2.08. The van der Waals surface area contributed by atoms with E-state index in [1.54, 1.807) is 54.6 Å². The van der Waals surface area contributed by atoms with Crippen LogP contribution in [0.25, 0.3) is 11.6 Å². The highest BCUT2D eigenvalue weighted by atomic mass is 19.1. The topological polar surface area (TPSA) is 33.0 Å². The fraction of sp³-hybridized carbons (Fsp3) is 0.0455. The van der Waals surface area contributed by atoms with Gasteiger partial charge in [0.15, 0.2) is 0 Å². The average molecular weight is 347 g/mol. The van der Waals surface area contributed by atoms with Crippen LogP contribution in [0.5, 0.6) is 5.75 Å². The van der Waals surface area contributed by atoms with E-state index in [1.807, 2.05) is 6.07 Å². The molecule has 0 heterocycles. The number of nitrogens with zero attached hydrogens (tertiary/aromatic N) is 1. The zero-order valence-electron chi connectivity index (χ0n) is 13.8. The minimum absolute atomic E-state index is 0.106. The summed E-state index contributed by atoms with van der Waals surface area (Å²) in [4.78, 5) is 0. The Morgan fingerprint density at radius 3 is 2.54 bits per heavy atom. The van der Waals surface area contributed by atoms with Crippen LogP contribution in [-0.4, -0.2) is 0 Å². The Hall–Kier alpha value is -3.45. The molecule has 0 aliphatic rings. The lowest BCUT2D eigenvalue weighted by atomic mass is 10.0. The highest BCUT2D eigenvalue weighted by Gasteiger charge is 2.05. The SMILES string of the molecule is N#C/C(=C/c1cccc(OCc2ccccc2F)c1)c1cccc(F)c1. The van der Waals surface area contributed by atoms with E-state index in [4.69, 9.17) is 4.74 Å². The molecule has 3 aromatic rings. The molecule has 3 rings (SSSR count). The van der Waals surface area contributed by atoms with E-state index in [0.29, 0.717) is 22.4 Å². The number of hydrogen-bond donors (Lipinski definition) is 0. The van der Waals surface area contributed by atoms with E-state index in [9.17, 15) is 14.0 Å². The Labute approximate surface area is 150 Å². The van der Waals surface area contributed by atoms with Gasteiger partial charge in [-0.2, -0.15) is 5.26 Å². The average Bonchev–Trinajstić information content (AvgIpc) is 2.66. The van der Waals surface area contributed by atoms with Gasteiger partial charge in [0.2, 0.25) is 0 Å². The van der Waals surface area contributed by atoms with Crippen molar-refractivity contribution in [1.82, 2.24) is 0 Å². The predicted molar refractivity (Wildman–Crippen MR) is 97.1 cm³/mol. The van der Waals surface area contributed by atoms with Gasteiger partial charge >= 0.3 is 0 Å². The molecular formula is C22H15F2NO. The third-order valence-electron chi connectivity index (χ3n) is 3.78. The van der Waals surface area contributed by atoms with Gasteiger partial charge in [0.05, 0.1) is 11.6 Å². The monoisotopic (exact) mass is 347 g/mol. The molecule has 0 aliphatic heterocycles. The summed E-state index contributed by atoms with van der Waals surface area (Å²) < 4.78 is 32.7. The zero-order chi connectivity index (χ0) is 18.4. The summed E-state index contributed by atoms with van der Waals surface area (Å²) in [5, 5.41) is 9.37. The van der Waals surface area contributed by atoms with Crippen LogP contribution in [-0.2, 0) is 6.61 Å². The molecule has 0 radical (unpaired) electrons. The molecule has 0 aliphatic carbocycles. The van der Waals surface area contributed by atoms with Crippen LogP contribution in [0.3, 0.4) is 0 Å². The van der Waals surface area contributed by atoms with E-state index in [-0.39, 0.29) is 12.4 Å². The van der Waals surface area contributed by atoms with Gasteiger partial charge in [-0.3, -0.25) is 0 Å². The Bertz CT molecular complexity index is 989. The molecule has 0 unspecified atom stereocenters. The molecule has 0 atom stereocenters. The van der Waals surface area contributed by atoms with Gasteiger partial charge in [0.1, 0.15) is 24.0 Å². The second-order valence-electron chi connectivity index (χ2n) is 5.63.